The lowest BCUT2D eigenvalue weighted by molar-refractivity contribution is -0.142. The monoisotopic (exact) mass is 325 g/mol. The second-order valence-corrected chi connectivity index (χ2v) is 5.03. The molecular formula is C16H23NO6. The van der Waals surface area contributed by atoms with Crippen LogP contribution in [0.3, 0.4) is 0 Å². The number of hydrogen-bond acceptors (Lipinski definition) is 5. The van der Waals surface area contributed by atoms with Crippen LogP contribution in [0.1, 0.15) is 12.5 Å². The molecule has 0 aliphatic rings. The Hall–Kier alpha value is -2.28. The maximum atomic E-state index is 12.0. The van der Waals surface area contributed by atoms with Gasteiger partial charge in [0.1, 0.15) is 6.61 Å². The Morgan fingerprint density at radius 1 is 1.22 bits per heavy atom. The largest absolute Gasteiger partial charge is 0.493 e. The van der Waals surface area contributed by atoms with Gasteiger partial charge in [-0.2, -0.15) is 0 Å². The lowest BCUT2D eigenvalue weighted by Gasteiger charge is -2.14. The molecule has 128 valence electrons. The normalized spacial score (nSPS) is 11.6. The van der Waals surface area contributed by atoms with Crippen LogP contribution in [0.25, 0.3) is 0 Å². The first kappa shape index (κ1) is 18.8. The van der Waals surface area contributed by atoms with E-state index >= 15 is 0 Å². The summed E-state index contributed by atoms with van der Waals surface area (Å²) < 4.78 is 15.3. The summed E-state index contributed by atoms with van der Waals surface area (Å²) in [5.41, 5.74) is 0.965. The summed E-state index contributed by atoms with van der Waals surface area (Å²) in [6, 6.07) is 5.54. The van der Waals surface area contributed by atoms with Crippen molar-refractivity contribution in [3.63, 3.8) is 0 Å². The van der Waals surface area contributed by atoms with Crippen molar-refractivity contribution in [2.75, 3.05) is 34.0 Å². The van der Waals surface area contributed by atoms with Crippen LogP contribution in [0.4, 0.5) is 0 Å². The highest BCUT2D eigenvalue weighted by atomic mass is 16.5. The quantitative estimate of drug-likeness (QED) is 0.626. The Bertz CT molecular complexity index is 531. The number of aliphatic carboxylic acids is 1. The van der Waals surface area contributed by atoms with Gasteiger partial charge in [0.15, 0.2) is 11.5 Å². The number of hydrogen-bond donors (Lipinski definition) is 2. The summed E-state index contributed by atoms with van der Waals surface area (Å²) >= 11 is 0. The third kappa shape index (κ3) is 6.56. The first-order valence-corrected chi connectivity index (χ1v) is 7.26. The number of amides is 1. The molecule has 1 aromatic rings. The average molecular weight is 325 g/mol. The summed E-state index contributed by atoms with van der Waals surface area (Å²) in [6.07, 6.45) is 0.558. The zero-order chi connectivity index (χ0) is 17.2. The van der Waals surface area contributed by atoms with E-state index in [0.717, 1.165) is 5.56 Å². The molecule has 0 bridgehead atoms. The fourth-order valence-corrected chi connectivity index (χ4v) is 2.03. The van der Waals surface area contributed by atoms with E-state index < -0.39 is 5.97 Å². The van der Waals surface area contributed by atoms with Crippen LogP contribution >= 0.6 is 0 Å². The van der Waals surface area contributed by atoms with E-state index in [-0.39, 0.29) is 31.6 Å². The van der Waals surface area contributed by atoms with E-state index in [0.29, 0.717) is 17.9 Å². The van der Waals surface area contributed by atoms with Gasteiger partial charge in [0, 0.05) is 12.5 Å². The second kappa shape index (κ2) is 9.68. The van der Waals surface area contributed by atoms with E-state index in [1.165, 1.54) is 0 Å². The first-order chi connectivity index (χ1) is 11.0. The molecule has 23 heavy (non-hydrogen) atoms. The van der Waals surface area contributed by atoms with Crippen LogP contribution in [0, 0.1) is 5.92 Å². The lowest BCUT2D eigenvalue weighted by Crippen LogP contribution is -2.33. The third-order valence-electron chi connectivity index (χ3n) is 3.21. The molecule has 1 unspecified atom stereocenters. The van der Waals surface area contributed by atoms with Crippen molar-refractivity contribution in [2.24, 2.45) is 5.92 Å². The number of benzene rings is 1. The molecule has 0 heterocycles. The van der Waals surface area contributed by atoms with Crippen LogP contribution in [0.2, 0.25) is 0 Å². The molecule has 0 radical (unpaired) electrons. The van der Waals surface area contributed by atoms with Crippen molar-refractivity contribution < 1.29 is 28.9 Å². The molecule has 0 aliphatic carbocycles. The topological polar surface area (TPSA) is 94.1 Å². The summed E-state index contributed by atoms with van der Waals surface area (Å²) in [5, 5.41) is 11.1. The SMILES string of the molecule is COc1ccc(CC(C)C(=O)NCCOCC(=O)O)cc1OC. The maximum absolute atomic E-state index is 12.0. The number of ether oxygens (including phenoxy) is 3. The summed E-state index contributed by atoms with van der Waals surface area (Å²) in [4.78, 5) is 22.3. The maximum Gasteiger partial charge on any atom is 0.329 e. The number of nitrogens with one attached hydrogen (secondary N) is 1. The molecule has 1 aromatic carbocycles. The molecule has 1 rings (SSSR count). The van der Waals surface area contributed by atoms with Crippen molar-refractivity contribution in [2.45, 2.75) is 13.3 Å². The van der Waals surface area contributed by atoms with Crippen molar-refractivity contribution in [3.05, 3.63) is 23.8 Å². The van der Waals surface area contributed by atoms with E-state index in [1.807, 2.05) is 19.1 Å². The highest BCUT2D eigenvalue weighted by Gasteiger charge is 2.14. The Morgan fingerprint density at radius 3 is 2.52 bits per heavy atom. The van der Waals surface area contributed by atoms with Crippen molar-refractivity contribution in [1.82, 2.24) is 5.32 Å². The number of carbonyl (C=O) groups is 2. The van der Waals surface area contributed by atoms with Gasteiger partial charge < -0.3 is 24.6 Å². The van der Waals surface area contributed by atoms with Crippen molar-refractivity contribution in [3.8, 4) is 11.5 Å². The highest BCUT2D eigenvalue weighted by Crippen LogP contribution is 2.28. The minimum Gasteiger partial charge on any atom is -0.493 e. The Labute approximate surface area is 135 Å². The average Bonchev–Trinajstić information content (AvgIpc) is 2.53. The predicted molar refractivity (Wildman–Crippen MR) is 83.9 cm³/mol. The zero-order valence-electron chi connectivity index (χ0n) is 13.6. The Balaban J connectivity index is 2.44. The van der Waals surface area contributed by atoms with Gasteiger partial charge in [-0.25, -0.2) is 4.79 Å². The van der Waals surface area contributed by atoms with Crippen LogP contribution in [0.5, 0.6) is 11.5 Å². The van der Waals surface area contributed by atoms with E-state index in [1.54, 1.807) is 20.3 Å². The summed E-state index contributed by atoms with van der Waals surface area (Å²) in [5.74, 6) is -0.104. The number of carbonyl (C=O) groups excluding carboxylic acids is 1. The molecule has 0 aliphatic heterocycles. The molecule has 7 nitrogen and oxygen atoms in total. The number of rotatable bonds is 10. The summed E-state index contributed by atoms with van der Waals surface area (Å²) in [6.45, 7) is 1.91. The standard InChI is InChI=1S/C16H23NO6/c1-11(16(20)17-6-7-23-10-15(18)19)8-12-4-5-13(21-2)14(9-12)22-3/h4-5,9,11H,6-8,10H2,1-3H3,(H,17,20)(H,18,19). The van der Waals surface area contributed by atoms with E-state index in [4.69, 9.17) is 19.3 Å². The second-order valence-electron chi connectivity index (χ2n) is 5.03. The van der Waals surface area contributed by atoms with Gasteiger partial charge >= 0.3 is 5.97 Å². The van der Waals surface area contributed by atoms with Crippen LogP contribution in [-0.2, 0) is 20.7 Å². The fraction of sp³-hybridized carbons (Fsp3) is 0.500. The number of methoxy groups -OCH3 is 2. The Kier molecular flexibility index (Phi) is 7.90. The Morgan fingerprint density at radius 2 is 1.91 bits per heavy atom. The summed E-state index contributed by atoms with van der Waals surface area (Å²) in [7, 11) is 3.13. The van der Waals surface area contributed by atoms with E-state index in [2.05, 4.69) is 5.32 Å². The number of carboxylic acid groups (broad SMARTS) is 1. The van der Waals surface area contributed by atoms with Gasteiger partial charge in [-0.1, -0.05) is 13.0 Å². The molecule has 0 saturated heterocycles. The third-order valence-corrected chi connectivity index (χ3v) is 3.21. The smallest absolute Gasteiger partial charge is 0.329 e. The molecule has 0 saturated carbocycles. The predicted octanol–water partition coefficient (Wildman–Crippen LogP) is 1.10. The van der Waals surface area contributed by atoms with Gasteiger partial charge in [-0.05, 0) is 24.1 Å². The minimum atomic E-state index is -1.03. The van der Waals surface area contributed by atoms with Gasteiger partial charge in [0.25, 0.3) is 0 Å². The molecule has 1 atom stereocenters. The molecular weight excluding hydrogens is 302 g/mol. The molecule has 1 amide bonds. The van der Waals surface area contributed by atoms with Gasteiger partial charge in [0.2, 0.25) is 5.91 Å². The molecule has 0 aromatic heterocycles. The zero-order valence-corrected chi connectivity index (χ0v) is 13.6. The van der Waals surface area contributed by atoms with Gasteiger partial charge in [0.05, 0.1) is 20.8 Å². The molecule has 2 N–H and O–H groups in total. The van der Waals surface area contributed by atoms with Gasteiger partial charge in [-0.15, -0.1) is 0 Å². The van der Waals surface area contributed by atoms with Crippen LogP contribution < -0.4 is 14.8 Å². The van der Waals surface area contributed by atoms with Crippen molar-refractivity contribution >= 4 is 11.9 Å². The molecule has 7 heteroatoms. The van der Waals surface area contributed by atoms with Crippen LogP contribution in [0.15, 0.2) is 18.2 Å². The number of carboxylic acids is 1. The van der Waals surface area contributed by atoms with E-state index in [9.17, 15) is 9.59 Å². The minimum absolute atomic E-state index is 0.112. The van der Waals surface area contributed by atoms with Crippen molar-refractivity contribution in [1.29, 1.82) is 0 Å². The van der Waals surface area contributed by atoms with Gasteiger partial charge in [-0.3, -0.25) is 4.79 Å². The molecule has 0 spiro atoms. The first-order valence-electron chi connectivity index (χ1n) is 7.26. The lowest BCUT2D eigenvalue weighted by atomic mass is 10.00. The van der Waals surface area contributed by atoms with Crippen LogP contribution in [-0.4, -0.2) is 51.0 Å². The molecule has 0 fully saturated rings. The fourth-order valence-electron chi connectivity index (χ4n) is 2.03. The highest BCUT2D eigenvalue weighted by molar-refractivity contribution is 5.78.